The standard InChI is InChI=1S/C17H15ClFNO2/c18-16-8-14(19)7-6-13(16)11-22-15-9-20(10-15)17(21)12-4-2-1-3-5-12/h1-8,15H,9-11H2. The Bertz CT molecular complexity index is 672. The molecule has 1 fully saturated rings. The summed E-state index contributed by atoms with van der Waals surface area (Å²) < 4.78 is 18.7. The molecule has 3 nitrogen and oxygen atoms in total. The van der Waals surface area contributed by atoms with E-state index >= 15 is 0 Å². The number of carbonyl (C=O) groups is 1. The van der Waals surface area contributed by atoms with Gasteiger partial charge in [0.1, 0.15) is 5.82 Å². The maximum Gasteiger partial charge on any atom is 0.254 e. The molecule has 5 heteroatoms. The Balaban J connectivity index is 1.49. The van der Waals surface area contributed by atoms with Gasteiger partial charge in [0.25, 0.3) is 5.91 Å². The number of hydrogen-bond acceptors (Lipinski definition) is 2. The lowest BCUT2D eigenvalue weighted by atomic mass is 10.1. The quantitative estimate of drug-likeness (QED) is 0.863. The fraction of sp³-hybridized carbons (Fsp3) is 0.235. The summed E-state index contributed by atoms with van der Waals surface area (Å²) in [5.41, 5.74) is 1.43. The van der Waals surface area contributed by atoms with Gasteiger partial charge in [0.2, 0.25) is 0 Å². The Kier molecular flexibility index (Phi) is 4.41. The molecule has 1 saturated heterocycles. The molecule has 3 rings (SSSR count). The minimum Gasteiger partial charge on any atom is -0.370 e. The first-order valence-electron chi connectivity index (χ1n) is 7.03. The molecule has 0 unspecified atom stereocenters. The lowest BCUT2D eigenvalue weighted by molar-refractivity contribution is -0.0502. The minimum atomic E-state index is -0.364. The zero-order valence-electron chi connectivity index (χ0n) is 11.8. The number of benzene rings is 2. The highest BCUT2D eigenvalue weighted by molar-refractivity contribution is 6.31. The van der Waals surface area contributed by atoms with Crippen LogP contribution in [0.1, 0.15) is 15.9 Å². The van der Waals surface area contributed by atoms with Gasteiger partial charge in [0.15, 0.2) is 0 Å². The Morgan fingerprint density at radius 2 is 1.95 bits per heavy atom. The molecule has 0 aromatic heterocycles. The summed E-state index contributed by atoms with van der Waals surface area (Å²) in [6.07, 6.45) is -0.00576. The third-order valence-corrected chi connectivity index (χ3v) is 4.00. The van der Waals surface area contributed by atoms with Gasteiger partial charge in [0.05, 0.1) is 12.7 Å². The zero-order chi connectivity index (χ0) is 15.5. The second kappa shape index (κ2) is 6.46. The number of likely N-dealkylation sites (tertiary alicyclic amines) is 1. The molecule has 2 aromatic rings. The molecule has 0 bridgehead atoms. The van der Waals surface area contributed by atoms with Crippen LogP contribution in [0, 0.1) is 5.82 Å². The van der Waals surface area contributed by atoms with Crippen LogP contribution in [0.3, 0.4) is 0 Å². The van der Waals surface area contributed by atoms with Crippen LogP contribution < -0.4 is 0 Å². The van der Waals surface area contributed by atoms with Gasteiger partial charge in [0, 0.05) is 23.7 Å². The second-order valence-corrected chi connectivity index (χ2v) is 5.65. The highest BCUT2D eigenvalue weighted by atomic mass is 35.5. The van der Waals surface area contributed by atoms with Gasteiger partial charge >= 0.3 is 0 Å². The predicted octanol–water partition coefficient (Wildman–Crippen LogP) is 3.52. The second-order valence-electron chi connectivity index (χ2n) is 5.24. The SMILES string of the molecule is O=C(c1ccccc1)N1CC(OCc2ccc(F)cc2Cl)C1. The average molecular weight is 320 g/mol. The van der Waals surface area contributed by atoms with Crippen molar-refractivity contribution in [2.24, 2.45) is 0 Å². The van der Waals surface area contributed by atoms with E-state index in [1.165, 1.54) is 12.1 Å². The third-order valence-electron chi connectivity index (χ3n) is 3.65. The average Bonchev–Trinajstić information content (AvgIpc) is 2.48. The van der Waals surface area contributed by atoms with Crippen LogP contribution in [-0.4, -0.2) is 30.0 Å². The first-order valence-corrected chi connectivity index (χ1v) is 7.41. The van der Waals surface area contributed by atoms with Crippen LogP contribution in [0.15, 0.2) is 48.5 Å². The molecule has 0 saturated carbocycles. The van der Waals surface area contributed by atoms with Crippen molar-refractivity contribution < 1.29 is 13.9 Å². The number of halogens is 2. The van der Waals surface area contributed by atoms with Crippen molar-refractivity contribution >= 4 is 17.5 Å². The molecule has 1 aliphatic rings. The first kappa shape index (κ1) is 15.0. The molecule has 0 aliphatic carbocycles. The molecular weight excluding hydrogens is 305 g/mol. The molecule has 0 atom stereocenters. The molecule has 1 amide bonds. The lowest BCUT2D eigenvalue weighted by Crippen LogP contribution is -2.54. The smallest absolute Gasteiger partial charge is 0.254 e. The van der Waals surface area contributed by atoms with Gasteiger partial charge in [-0.15, -0.1) is 0 Å². The molecular formula is C17H15ClFNO2. The normalized spacial score (nSPS) is 14.7. The van der Waals surface area contributed by atoms with Crippen molar-refractivity contribution in [3.05, 3.63) is 70.5 Å². The van der Waals surface area contributed by atoms with Gasteiger partial charge in [-0.05, 0) is 29.8 Å². The number of hydrogen-bond donors (Lipinski definition) is 0. The van der Waals surface area contributed by atoms with Crippen LogP contribution in [0.2, 0.25) is 5.02 Å². The Hall–Kier alpha value is -1.91. The third kappa shape index (κ3) is 3.29. The zero-order valence-corrected chi connectivity index (χ0v) is 12.6. The fourth-order valence-corrected chi connectivity index (χ4v) is 2.54. The van der Waals surface area contributed by atoms with Crippen LogP contribution in [0.25, 0.3) is 0 Å². The van der Waals surface area contributed by atoms with Gasteiger partial charge in [-0.3, -0.25) is 4.79 Å². The van der Waals surface area contributed by atoms with Gasteiger partial charge in [-0.25, -0.2) is 4.39 Å². The van der Waals surface area contributed by atoms with E-state index in [-0.39, 0.29) is 17.8 Å². The molecule has 2 aromatic carbocycles. The summed E-state index contributed by atoms with van der Waals surface area (Å²) in [5.74, 6) is -0.350. The Morgan fingerprint density at radius 3 is 2.64 bits per heavy atom. The summed E-state index contributed by atoms with van der Waals surface area (Å²) in [6.45, 7) is 1.44. The molecule has 22 heavy (non-hydrogen) atoms. The van der Waals surface area contributed by atoms with E-state index in [4.69, 9.17) is 16.3 Å². The summed E-state index contributed by atoms with van der Waals surface area (Å²) >= 11 is 5.95. The van der Waals surface area contributed by atoms with Crippen LogP contribution in [0.5, 0.6) is 0 Å². The minimum absolute atomic E-state index is 0.00576. The summed E-state index contributed by atoms with van der Waals surface area (Å²) in [6, 6.07) is 13.4. The van der Waals surface area contributed by atoms with E-state index in [1.807, 2.05) is 18.2 Å². The molecule has 1 aliphatic heterocycles. The largest absolute Gasteiger partial charge is 0.370 e. The number of amides is 1. The van der Waals surface area contributed by atoms with E-state index in [1.54, 1.807) is 23.1 Å². The number of carbonyl (C=O) groups excluding carboxylic acids is 1. The maximum atomic E-state index is 13.0. The summed E-state index contributed by atoms with van der Waals surface area (Å²) in [5, 5.41) is 0.358. The van der Waals surface area contributed by atoms with Gasteiger partial charge < -0.3 is 9.64 Å². The fourth-order valence-electron chi connectivity index (χ4n) is 2.32. The van der Waals surface area contributed by atoms with Gasteiger partial charge in [-0.2, -0.15) is 0 Å². The molecule has 0 spiro atoms. The summed E-state index contributed by atoms with van der Waals surface area (Å²) in [7, 11) is 0. The monoisotopic (exact) mass is 319 g/mol. The highest BCUT2D eigenvalue weighted by Crippen LogP contribution is 2.21. The maximum absolute atomic E-state index is 13.0. The first-order chi connectivity index (χ1) is 10.6. The van der Waals surface area contributed by atoms with Crippen LogP contribution >= 0.6 is 11.6 Å². The number of nitrogens with zero attached hydrogens (tertiary/aromatic N) is 1. The highest BCUT2D eigenvalue weighted by Gasteiger charge is 2.31. The molecule has 0 N–H and O–H groups in total. The van der Waals surface area contributed by atoms with Crippen molar-refractivity contribution in [3.63, 3.8) is 0 Å². The number of ether oxygens (including phenoxy) is 1. The predicted molar refractivity (Wildman–Crippen MR) is 82.3 cm³/mol. The van der Waals surface area contributed by atoms with E-state index in [0.717, 1.165) is 5.56 Å². The lowest BCUT2D eigenvalue weighted by Gasteiger charge is -2.39. The van der Waals surface area contributed by atoms with E-state index in [0.29, 0.717) is 30.3 Å². The Labute approximate surface area is 133 Å². The van der Waals surface area contributed by atoms with Gasteiger partial charge in [-0.1, -0.05) is 35.9 Å². The number of rotatable bonds is 4. The van der Waals surface area contributed by atoms with Crippen LogP contribution in [-0.2, 0) is 11.3 Å². The van der Waals surface area contributed by atoms with Crippen molar-refractivity contribution in [3.8, 4) is 0 Å². The molecule has 114 valence electrons. The Morgan fingerprint density at radius 1 is 1.23 bits per heavy atom. The van der Waals surface area contributed by atoms with E-state index < -0.39 is 0 Å². The van der Waals surface area contributed by atoms with Crippen molar-refractivity contribution in [2.45, 2.75) is 12.7 Å². The van der Waals surface area contributed by atoms with E-state index in [9.17, 15) is 9.18 Å². The molecule has 0 radical (unpaired) electrons. The van der Waals surface area contributed by atoms with Crippen molar-refractivity contribution in [1.82, 2.24) is 4.90 Å². The van der Waals surface area contributed by atoms with Crippen LogP contribution in [0.4, 0.5) is 4.39 Å². The topological polar surface area (TPSA) is 29.5 Å². The molecule has 1 heterocycles. The van der Waals surface area contributed by atoms with E-state index in [2.05, 4.69) is 0 Å². The van der Waals surface area contributed by atoms with Crippen molar-refractivity contribution in [2.75, 3.05) is 13.1 Å². The summed E-state index contributed by atoms with van der Waals surface area (Å²) in [4.78, 5) is 13.9. The van der Waals surface area contributed by atoms with Crippen molar-refractivity contribution in [1.29, 1.82) is 0 Å².